The van der Waals surface area contributed by atoms with Gasteiger partial charge >= 0.3 is 0 Å². The third-order valence-corrected chi connectivity index (χ3v) is 8.35. The molecule has 0 aliphatic carbocycles. The van der Waals surface area contributed by atoms with E-state index in [9.17, 15) is 8.42 Å². The Bertz CT molecular complexity index is 745. The van der Waals surface area contributed by atoms with Gasteiger partial charge in [-0.1, -0.05) is 27.7 Å². The van der Waals surface area contributed by atoms with Crippen LogP contribution in [0.3, 0.4) is 0 Å². The molecule has 0 bridgehead atoms. The Hall–Kier alpha value is -0.980. The van der Waals surface area contributed by atoms with Gasteiger partial charge in [-0.15, -0.1) is 0 Å². The third-order valence-electron chi connectivity index (χ3n) is 6.52. The van der Waals surface area contributed by atoms with Crippen molar-refractivity contribution in [2.45, 2.75) is 71.1 Å². The normalized spacial score (nSPS) is 21.9. The highest BCUT2D eigenvalue weighted by molar-refractivity contribution is 7.89. The van der Waals surface area contributed by atoms with Crippen LogP contribution in [0.25, 0.3) is 0 Å². The Labute approximate surface area is 171 Å². The molecule has 2 fully saturated rings. The Kier molecular flexibility index (Phi) is 6.52. The molecule has 0 N–H and O–H groups in total. The summed E-state index contributed by atoms with van der Waals surface area (Å²) in [5.41, 5.74) is 1.45. The molecular formula is C22H37N3O2S. The molecule has 2 aliphatic rings. The van der Waals surface area contributed by atoms with Gasteiger partial charge in [0.2, 0.25) is 10.0 Å². The van der Waals surface area contributed by atoms with Crippen molar-refractivity contribution in [2.75, 3.05) is 32.7 Å². The molecule has 1 aromatic heterocycles. The molecule has 3 heterocycles. The fraction of sp³-hybridized carbons (Fsp3) is 0.773. The maximum Gasteiger partial charge on any atom is 0.244 e. The highest BCUT2D eigenvalue weighted by Crippen LogP contribution is 2.41. The van der Waals surface area contributed by atoms with Crippen LogP contribution in [0, 0.1) is 10.8 Å². The number of likely N-dealkylation sites (tertiary alicyclic amines) is 1. The predicted octanol–water partition coefficient (Wildman–Crippen LogP) is 3.95. The largest absolute Gasteiger partial charge is 0.303 e. The topological polar surface area (TPSA) is 53.5 Å². The van der Waals surface area contributed by atoms with Gasteiger partial charge in [-0.05, 0) is 81.1 Å². The molecule has 28 heavy (non-hydrogen) atoms. The summed E-state index contributed by atoms with van der Waals surface area (Å²) in [6, 6.07) is 3.55. The zero-order valence-electron chi connectivity index (χ0n) is 18.1. The maximum absolute atomic E-state index is 13.2. The molecule has 2 saturated heterocycles. The fourth-order valence-electron chi connectivity index (χ4n) is 4.44. The summed E-state index contributed by atoms with van der Waals surface area (Å²) in [6.45, 7) is 13.5. The number of nitrogens with zero attached hydrogens (tertiary/aromatic N) is 3. The third kappa shape index (κ3) is 5.14. The summed E-state index contributed by atoms with van der Waals surface area (Å²) in [7, 11) is -3.45. The molecule has 0 amide bonds. The first-order valence-corrected chi connectivity index (χ1v) is 12.3. The predicted molar refractivity (Wildman–Crippen MR) is 114 cm³/mol. The van der Waals surface area contributed by atoms with Crippen molar-refractivity contribution in [3.8, 4) is 0 Å². The monoisotopic (exact) mass is 407 g/mol. The number of aromatic nitrogens is 1. The number of piperidine rings is 2. The zero-order valence-corrected chi connectivity index (χ0v) is 18.9. The van der Waals surface area contributed by atoms with Gasteiger partial charge in [-0.3, -0.25) is 4.98 Å². The Morgan fingerprint density at radius 3 is 2.39 bits per heavy atom. The fourth-order valence-corrected chi connectivity index (χ4v) is 5.98. The van der Waals surface area contributed by atoms with Gasteiger partial charge in [0.1, 0.15) is 4.90 Å². The number of hydrogen-bond acceptors (Lipinski definition) is 4. The first-order chi connectivity index (χ1) is 13.1. The molecule has 3 rings (SSSR count). The van der Waals surface area contributed by atoms with Gasteiger partial charge in [-0.2, -0.15) is 4.31 Å². The van der Waals surface area contributed by atoms with E-state index in [1.807, 2.05) is 13.0 Å². The second-order valence-corrected chi connectivity index (χ2v) is 11.9. The summed E-state index contributed by atoms with van der Waals surface area (Å²) in [4.78, 5) is 7.20. The first kappa shape index (κ1) is 21.7. The van der Waals surface area contributed by atoms with Crippen LogP contribution >= 0.6 is 0 Å². The SMILES string of the molecule is CCc1ccc(S(=O)(=O)N2CCCC3(CCN(CCC(C)(C)C)CC3)C2)cn1. The summed E-state index contributed by atoms with van der Waals surface area (Å²) in [5, 5.41) is 0. The Balaban J connectivity index is 1.64. The second-order valence-electron chi connectivity index (χ2n) is 9.93. The van der Waals surface area contributed by atoms with Crippen molar-refractivity contribution >= 4 is 10.0 Å². The molecule has 1 spiro atoms. The van der Waals surface area contributed by atoms with Crippen LogP contribution in [0.15, 0.2) is 23.2 Å². The van der Waals surface area contributed by atoms with E-state index >= 15 is 0 Å². The lowest BCUT2D eigenvalue weighted by atomic mass is 9.73. The van der Waals surface area contributed by atoms with Gasteiger partial charge in [0, 0.05) is 25.0 Å². The van der Waals surface area contributed by atoms with Crippen molar-refractivity contribution < 1.29 is 8.42 Å². The lowest BCUT2D eigenvalue weighted by molar-refractivity contribution is 0.0485. The van der Waals surface area contributed by atoms with Crippen LogP contribution in [-0.2, 0) is 16.4 Å². The van der Waals surface area contributed by atoms with E-state index in [-0.39, 0.29) is 5.41 Å². The molecule has 0 atom stereocenters. The van der Waals surface area contributed by atoms with E-state index in [4.69, 9.17) is 0 Å². The summed E-state index contributed by atoms with van der Waals surface area (Å²) in [5.74, 6) is 0. The summed E-state index contributed by atoms with van der Waals surface area (Å²) >= 11 is 0. The van der Waals surface area contributed by atoms with Crippen LogP contribution < -0.4 is 0 Å². The Morgan fingerprint density at radius 1 is 1.11 bits per heavy atom. The van der Waals surface area contributed by atoms with Crippen LogP contribution in [-0.4, -0.2) is 55.3 Å². The van der Waals surface area contributed by atoms with E-state index in [1.54, 1.807) is 10.4 Å². The van der Waals surface area contributed by atoms with Crippen molar-refractivity contribution in [3.05, 3.63) is 24.0 Å². The molecule has 5 nitrogen and oxygen atoms in total. The van der Waals surface area contributed by atoms with E-state index in [1.165, 1.54) is 12.6 Å². The van der Waals surface area contributed by atoms with Gasteiger partial charge in [0.05, 0.1) is 0 Å². The minimum absolute atomic E-state index is 0.153. The molecule has 1 aromatic rings. The van der Waals surface area contributed by atoms with Crippen LogP contribution in [0.1, 0.15) is 65.5 Å². The van der Waals surface area contributed by atoms with Gasteiger partial charge in [0.15, 0.2) is 0 Å². The molecule has 0 unspecified atom stereocenters. The zero-order chi connectivity index (χ0) is 20.4. The minimum atomic E-state index is -3.45. The van der Waals surface area contributed by atoms with E-state index in [0.29, 0.717) is 23.4 Å². The van der Waals surface area contributed by atoms with Crippen LogP contribution in [0.5, 0.6) is 0 Å². The average molecular weight is 408 g/mol. The number of sulfonamides is 1. The van der Waals surface area contributed by atoms with Gasteiger partial charge in [0.25, 0.3) is 0 Å². The Morgan fingerprint density at radius 2 is 1.82 bits per heavy atom. The highest BCUT2D eigenvalue weighted by atomic mass is 32.2. The number of hydrogen-bond donors (Lipinski definition) is 0. The molecule has 158 valence electrons. The smallest absolute Gasteiger partial charge is 0.244 e. The minimum Gasteiger partial charge on any atom is -0.303 e. The quantitative estimate of drug-likeness (QED) is 0.742. The second kappa shape index (κ2) is 8.41. The molecule has 0 saturated carbocycles. The van der Waals surface area contributed by atoms with E-state index in [2.05, 4.69) is 30.7 Å². The number of pyridine rings is 1. The molecule has 6 heteroatoms. The van der Waals surface area contributed by atoms with Gasteiger partial charge < -0.3 is 4.90 Å². The van der Waals surface area contributed by atoms with Gasteiger partial charge in [-0.25, -0.2) is 8.42 Å². The summed E-state index contributed by atoms with van der Waals surface area (Å²) < 4.78 is 28.1. The van der Waals surface area contributed by atoms with E-state index in [0.717, 1.165) is 57.4 Å². The molecule has 0 aromatic carbocycles. The highest BCUT2D eigenvalue weighted by Gasteiger charge is 2.42. The lowest BCUT2D eigenvalue weighted by Crippen LogP contribution is -2.51. The standard InChI is InChI=1S/C22H37N3O2S/c1-5-19-7-8-20(17-23-19)28(26,27)25-13-6-9-22(18-25)11-15-24(16-12-22)14-10-21(2,3)4/h7-8,17H,5-6,9-16,18H2,1-4H3. The summed E-state index contributed by atoms with van der Waals surface area (Å²) in [6.07, 6.45) is 7.89. The van der Waals surface area contributed by atoms with E-state index < -0.39 is 10.0 Å². The van der Waals surface area contributed by atoms with Crippen molar-refractivity contribution in [1.82, 2.24) is 14.2 Å². The lowest BCUT2D eigenvalue weighted by Gasteiger charge is -2.47. The van der Waals surface area contributed by atoms with Crippen molar-refractivity contribution in [3.63, 3.8) is 0 Å². The first-order valence-electron chi connectivity index (χ1n) is 10.8. The molecule has 0 radical (unpaired) electrons. The molecular weight excluding hydrogens is 370 g/mol. The number of aryl methyl sites for hydroxylation is 1. The van der Waals surface area contributed by atoms with Crippen LogP contribution in [0.2, 0.25) is 0 Å². The average Bonchev–Trinajstić information content (AvgIpc) is 2.67. The van der Waals surface area contributed by atoms with Crippen molar-refractivity contribution in [2.24, 2.45) is 10.8 Å². The number of rotatable bonds is 5. The molecule has 2 aliphatic heterocycles. The van der Waals surface area contributed by atoms with Crippen molar-refractivity contribution in [1.29, 1.82) is 0 Å². The maximum atomic E-state index is 13.2. The van der Waals surface area contributed by atoms with Crippen LogP contribution in [0.4, 0.5) is 0 Å².